The third-order valence-corrected chi connectivity index (χ3v) is 7.70. The van der Waals surface area contributed by atoms with E-state index >= 15 is 0 Å². The zero-order valence-corrected chi connectivity index (χ0v) is 17.8. The molecule has 1 saturated carbocycles. The van der Waals surface area contributed by atoms with Crippen LogP contribution in [0.4, 0.5) is 0 Å². The molecule has 6 nitrogen and oxygen atoms in total. The Morgan fingerprint density at radius 1 is 1.00 bits per heavy atom. The number of carbonyl (C=O) groups excluding carboxylic acids is 1. The van der Waals surface area contributed by atoms with E-state index < -0.39 is 9.84 Å². The highest BCUT2D eigenvalue weighted by Crippen LogP contribution is 2.49. The number of fused-ring (bicyclic) bond motifs is 3. The number of benzene rings is 2. The Bertz CT molecular complexity index is 1100. The van der Waals surface area contributed by atoms with Gasteiger partial charge in [0.15, 0.2) is 21.3 Å². The molecule has 158 valence electrons. The summed E-state index contributed by atoms with van der Waals surface area (Å²) < 4.78 is 35.0. The van der Waals surface area contributed by atoms with Crippen LogP contribution < -0.4 is 9.47 Å². The minimum atomic E-state index is -3.29. The Balaban J connectivity index is 1.50. The number of nitrogens with zero attached hydrogens (tertiary/aromatic N) is 1. The molecule has 0 bridgehead atoms. The van der Waals surface area contributed by atoms with Crippen LogP contribution in [0.15, 0.2) is 41.3 Å². The molecule has 0 unspecified atom stereocenters. The van der Waals surface area contributed by atoms with Crippen LogP contribution in [0.2, 0.25) is 0 Å². The van der Waals surface area contributed by atoms with E-state index in [1.165, 1.54) is 24.0 Å². The average molecular weight is 428 g/mol. The lowest BCUT2D eigenvalue weighted by Crippen LogP contribution is -2.46. The molecule has 1 aliphatic carbocycles. The molecule has 2 heterocycles. The molecule has 0 aromatic heterocycles. The molecular weight excluding hydrogens is 402 g/mol. The van der Waals surface area contributed by atoms with E-state index in [9.17, 15) is 13.2 Å². The van der Waals surface area contributed by atoms with Crippen molar-refractivity contribution in [3.05, 3.63) is 53.1 Å². The number of rotatable bonds is 2. The van der Waals surface area contributed by atoms with Crippen LogP contribution >= 0.6 is 0 Å². The van der Waals surface area contributed by atoms with E-state index in [0.29, 0.717) is 31.9 Å². The first-order chi connectivity index (χ1) is 14.4. The van der Waals surface area contributed by atoms with Crippen LogP contribution in [0.1, 0.15) is 47.2 Å². The quantitative estimate of drug-likeness (QED) is 0.735. The zero-order chi connectivity index (χ0) is 20.9. The largest absolute Gasteiger partial charge is 0.486 e. The summed E-state index contributed by atoms with van der Waals surface area (Å²) in [6.45, 7) is 2.28. The van der Waals surface area contributed by atoms with Crippen LogP contribution in [0.3, 0.4) is 0 Å². The summed E-state index contributed by atoms with van der Waals surface area (Å²) in [7, 11) is -3.29. The van der Waals surface area contributed by atoms with Crippen molar-refractivity contribution in [3.63, 3.8) is 0 Å². The maximum Gasteiger partial charge on any atom is 0.254 e. The van der Waals surface area contributed by atoms with E-state index in [1.807, 2.05) is 11.0 Å². The summed E-state index contributed by atoms with van der Waals surface area (Å²) in [5, 5.41) is 0. The molecular formula is C23H25NO5S. The van der Waals surface area contributed by atoms with Crippen molar-refractivity contribution in [2.45, 2.75) is 42.5 Å². The van der Waals surface area contributed by atoms with Crippen molar-refractivity contribution < 1.29 is 22.7 Å². The van der Waals surface area contributed by atoms with Crippen LogP contribution in [-0.2, 0) is 21.8 Å². The third-order valence-electron chi connectivity index (χ3n) is 6.57. The Kier molecular flexibility index (Phi) is 4.54. The standard InChI is InChI=1S/C23H25NO5S/c1-30(26,27)18-6-4-16(5-7-18)22(25)24-14-17-12-20-21(29-11-10-28-20)13-19(17)23(15-24)8-2-3-9-23/h4-7,12-13H,2-3,8-11,14-15H2,1H3. The van der Waals surface area contributed by atoms with Crippen LogP contribution in [-0.4, -0.2) is 45.2 Å². The number of hydrogen-bond donors (Lipinski definition) is 0. The molecule has 0 atom stereocenters. The molecule has 0 saturated heterocycles. The van der Waals surface area contributed by atoms with Gasteiger partial charge in [0.1, 0.15) is 13.2 Å². The molecule has 2 aliphatic heterocycles. The molecule has 0 N–H and O–H groups in total. The van der Waals surface area contributed by atoms with Crippen molar-refractivity contribution in [2.24, 2.45) is 0 Å². The lowest BCUT2D eigenvalue weighted by Gasteiger charge is -2.43. The second kappa shape index (κ2) is 7.01. The number of hydrogen-bond acceptors (Lipinski definition) is 5. The van der Waals surface area contributed by atoms with Crippen molar-refractivity contribution in [2.75, 3.05) is 26.0 Å². The van der Waals surface area contributed by atoms with Gasteiger partial charge in [0.05, 0.1) is 4.90 Å². The molecule has 0 radical (unpaired) electrons. The van der Waals surface area contributed by atoms with Crippen LogP contribution in [0.25, 0.3) is 0 Å². The minimum Gasteiger partial charge on any atom is -0.486 e. The number of sulfone groups is 1. The predicted molar refractivity (Wildman–Crippen MR) is 112 cm³/mol. The lowest BCUT2D eigenvalue weighted by atomic mass is 9.73. The first-order valence-electron chi connectivity index (χ1n) is 10.4. The van der Waals surface area contributed by atoms with Gasteiger partial charge in [-0.25, -0.2) is 8.42 Å². The Morgan fingerprint density at radius 3 is 2.27 bits per heavy atom. The molecule has 2 aromatic rings. The summed E-state index contributed by atoms with van der Waals surface area (Å²) in [5.41, 5.74) is 2.87. The normalized spacial score (nSPS) is 19.6. The summed E-state index contributed by atoms with van der Waals surface area (Å²) >= 11 is 0. The van der Waals surface area contributed by atoms with Gasteiger partial charge in [0.2, 0.25) is 0 Å². The van der Waals surface area contributed by atoms with Crippen LogP contribution in [0, 0.1) is 0 Å². The fraction of sp³-hybridized carbons (Fsp3) is 0.435. The van der Waals surface area contributed by atoms with Gasteiger partial charge in [0, 0.05) is 30.3 Å². The molecule has 30 heavy (non-hydrogen) atoms. The van der Waals surface area contributed by atoms with E-state index in [-0.39, 0.29) is 16.2 Å². The highest BCUT2D eigenvalue weighted by atomic mass is 32.2. The molecule has 1 spiro atoms. The van der Waals surface area contributed by atoms with E-state index in [0.717, 1.165) is 42.7 Å². The number of ether oxygens (including phenoxy) is 2. The van der Waals surface area contributed by atoms with E-state index in [1.54, 1.807) is 12.1 Å². The summed E-state index contributed by atoms with van der Waals surface area (Å²) in [6, 6.07) is 10.4. The SMILES string of the molecule is CS(=O)(=O)c1ccc(C(=O)N2Cc3cc4c(cc3C3(CCCC3)C2)OCCO4)cc1. The average Bonchev–Trinajstić information content (AvgIpc) is 3.20. The molecule has 3 aliphatic rings. The summed E-state index contributed by atoms with van der Waals surface area (Å²) in [5.74, 6) is 1.49. The topological polar surface area (TPSA) is 72.9 Å². The van der Waals surface area contributed by atoms with Crippen molar-refractivity contribution in [1.29, 1.82) is 0 Å². The van der Waals surface area contributed by atoms with Gasteiger partial charge in [-0.15, -0.1) is 0 Å². The Hall–Kier alpha value is -2.54. The van der Waals surface area contributed by atoms with E-state index in [2.05, 4.69) is 6.07 Å². The van der Waals surface area contributed by atoms with Crippen molar-refractivity contribution in [1.82, 2.24) is 4.90 Å². The fourth-order valence-corrected chi connectivity index (χ4v) is 5.75. The zero-order valence-electron chi connectivity index (χ0n) is 17.0. The van der Waals surface area contributed by atoms with Crippen LogP contribution in [0.5, 0.6) is 11.5 Å². The molecule has 5 rings (SSSR count). The van der Waals surface area contributed by atoms with Gasteiger partial charge in [-0.2, -0.15) is 0 Å². The molecule has 1 fully saturated rings. The van der Waals surface area contributed by atoms with Gasteiger partial charge in [0.25, 0.3) is 5.91 Å². The first kappa shape index (κ1) is 19.4. The summed E-state index contributed by atoms with van der Waals surface area (Å²) in [4.78, 5) is 15.4. The summed E-state index contributed by atoms with van der Waals surface area (Å²) in [6.07, 6.45) is 5.58. The highest BCUT2D eigenvalue weighted by Gasteiger charge is 2.44. The Morgan fingerprint density at radius 2 is 1.63 bits per heavy atom. The van der Waals surface area contributed by atoms with Gasteiger partial charge < -0.3 is 14.4 Å². The van der Waals surface area contributed by atoms with Crippen molar-refractivity contribution >= 4 is 15.7 Å². The fourth-order valence-electron chi connectivity index (χ4n) is 5.12. The minimum absolute atomic E-state index is 0.0498. The second-order valence-corrected chi connectivity index (χ2v) is 10.6. The highest BCUT2D eigenvalue weighted by molar-refractivity contribution is 7.90. The third kappa shape index (κ3) is 3.25. The molecule has 2 aromatic carbocycles. The molecule has 7 heteroatoms. The Labute approximate surface area is 176 Å². The lowest BCUT2D eigenvalue weighted by molar-refractivity contribution is 0.0669. The maximum atomic E-state index is 13.3. The maximum absolute atomic E-state index is 13.3. The first-order valence-corrected chi connectivity index (χ1v) is 12.3. The van der Waals surface area contributed by atoms with Gasteiger partial charge >= 0.3 is 0 Å². The van der Waals surface area contributed by atoms with Crippen molar-refractivity contribution in [3.8, 4) is 11.5 Å². The van der Waals surface area contributed by atoms with Gasteiger partial charge in [-0.1, -0.05) is 12.8 Å². The monoisotopic (exact) mass is 427 g/mol. The van der Waals surface area contributed by atoms with E-state index in [4.69, 9.17) is 9.47 Å². The van der Waals surface area contributed by atoms with Gasteiger partial charge in [-0.05, 0) is 60.4 Å². The van der Waals surface area contributed by atoms with Gasteiger partial charge in [-0.3, -0.25) is 4.79 Å². The number of amides is 1. The predicted octanol–water partition coefficient (Wildman–Crippen LogP) is 3.33. The smallest absolute Gasteiger partial charge is 0.254 e. The molecule has 1 amide bonds. The second-order valence-electron chi connectivity index (χ2n) is 8.60. The number of carbonyl (C=O) groups is 1.